The van der Waals surface area contributed by atoms with Gasteiger partial charge in [-0.25, -0.2) is 0 Å². The summed E-state index contributed by atoms with van der Waals surface area (Å²) in [5, 5.41) is -0.154. The van der Waals surface area contributed by atoms with Gasteiger partial charge in [0.1, 0.15) is 0 Å². The number of hydrogen-bond acceptors (Lipinski definition) is 1. The molecule has 0 aliphatic rings. The predicted octanol–water partition coefficient (Wildman–Crippen LogP) is 4.70. The SMILES string of the molecule is N[C@@H](CCC(F)(F)F)c1ccc(Cl)cc1C(F)(F)F. The minimum atomic E-state index is -4.71. The van der Waals surface area contributed by atoms with Gasteiger partial charge in [0, 0.05) is 17.5 Å². The first-order valence-corrected chi connectivity index (χ1v) is 5.57. The van der Waals surface area contributed by atoms with Crippen molar-refractivity contribution >= 4 is 11.6 Å². The molecule has 0 aliphatic heterocycles. The molecule has 1 aromatic rings. The van der Waals surface area contributed by atoms with Gasteiger partial charge in [-0.2, -0.15) is 26.3 Å². The van der Waals surface area contributed by atoms with Crippen LogP contribution >= 0.6 is 11.6 Å². The number of nitrogens with two attached hydrogens (primary N) is 1. The zero-order chi connectivity index (χ0) is 14.8. The Hall–Kier alpha value is -0.950. The highest BCUT2D eigenvalue weighted by atomic mass is 35.5. The summed E-state index contributed by atoms with van der Waals surface area (Å²) in [6.45, 7) is 0. The molecule has 2 N–H and O–H groups in total. The average molecular weight is 306 g/mol. The summed E-state index contributed by atoms with van der Waals surface area (Å²) in [5.74, 6) is 0. The molecule has 0 spiro atoms. The topological polar surface area (TPSA) is 26.0 Å². The molecule has 1 aromatic carbocycles. The van der Waals surface area contributed by atoms with Gasteiger partial charge in [-0.05, 0) is 24.1 Å². The van der Waals surface area contributed by atoms with Gasteiger partial charge in [-0.15, -0.1) is 0 Å². The lowest BCUT2D eigenvalue weighted by molar-refractivity contribution is -0.139. The normalized spacial score (nSPS) is 14.5. The second-order valence-corrected chi connectivity index (χ2v) is 4.43. The van der Waals surface area contributed by atoms with E-state index in [0.29, 0.717) is 6.07 Å². The van der Waals surface area contributed by atoms with E-state index in [9.17, 15) is 26.3 Å². The Labute approximate surface area is 110 Å². The van der Waals surface area contributed by atoms with E-state index in [2.05, 4.69) is 0 Å². The third-order valence-corrected chi connectivity index (χ3v) is 2.69. The highest BCUT2D eigenvalue weighted by Crippen LogP contribution is 2.37. The summed E-state index contributed by atoms with van der Waals surface area (Å²) in [5.41, 5.74) is 3.92. The van der Waals surface area contributed by atoms with Gasteiger partial charge in [0.25, 0.3) is 0 Å². The maximum absolute atomic E-state index is 12.7. The van der Waals surface area contributed by atoms with E-state index in [1.165, 1.54) is 6.07 Å². The number of alkyl halides is 6. The van der Waals surface area contributed by atoms with Crippen molar-refractivity contribution in [1.29, 1.82) is 0 Å². The van der Waals surface area contributed by atoms with Gasteiger partial charge >= 0.3 is 12.4 Å². The van der Waals surface area contributed by atoms with Crippen molar-refractivity contribution in [2.45, 2.75) is 31.2 Å². The molecule has 0 bridgehead atoms. The van der Waals surface area contributed by atoms with E-state index in [4.69, 9.17) is 17.3 Å². The van der Waals surface area contributed by atoms with Crippen LogP contribution in [0.4, 0.5) is 26.3 Å². The van der Waals surface area contributed by atoms with Crippen molar-refractivity contribution in [2.75, 3.05) is 0 Å². The van der Waals surface area contributed by atoms with Crippen LogP contribution in [0.5, 0.6) is 0 Å². The molecule has 19 heavy (non-hydrogen) atoms. The maximum atomic E-state index is 12.7. The van der Waals surface area contributed by atoms with Crippen molar-refractivity contribution in [3.05, 3.63) is 34.3 Å². The number of rotatable bonds is 3. The van der Waals surface area contributed by atoms with Gasteiger partial charge in [-0.1, -0.05) is 17.7 Å². The Kier molecular flexibility index (Phi) is 4.73. The maximum Gasteiger partial charge on any atom is 0.416 e. The van der Waals surface area contributed by atoms with Gasteiger partial charge in [-0.3, -0.25) is 0 Å². The highest BCUT2D eigenvalue weighted by Gasteiger charge is 2.36. The Balaban J connectivity index is 3.00. The van der Waals surface area contributed by atoms with Crippen LogP contribution in [0.15, 0.2) is 18.2 Å². The molecule has 8 heteroatoms. The van der Waals surface area contributed by atoms with Crippen LogP contribution < -0.4 is 5.73 Å². The fourth-order valence-corrected chi connectivity index (χ4v) is 1.74. The molecule has 108 valence electrons. The van der Waals surface area contributed by atoms with E-state index in [-0.39, 0.29) is 10.6 Å². The standard InChI is InChI=1S/C11H10ClF6N/c12-6-1-2-7(8(5-6)11(16,17)18)9(19)3-4-10(13,14)15/h1-2,5,9H,3-4,19H2/t9-/m0/s1. The first-order valence-electron chi connectivity index (χ1n) is 5.19. The summed E-state index contributed by atoms with van der Waals surface area (Å²) in [7, 11) is 0. The Morgan fingerprint density at radius 1 is 1.11 bits per heavy atom. The minimum absolute atomic E-state index is 0.154. The summed E-state index contributed by atoms with van der Waals surface area (Å²) >= 11 is 5.46. The molecule has 0 aliphatic carbocycles. The molecule has 1 atom stereocenters. The molecule has 0 amide bonds. The Morgan fingerprint density at radius 3 is 2.16 bits per heavy atom. The van der Waals surface area contributed by atoms with Crippen molar-refractivity contribution in [3.63, 3.8) is 0 Å². The number of hydrogen-bond donors (Lipinski definition) is 1. The van der Waals surface area contributed by atoms with Crippen LogP contribution in [-0.2, 0) is 6.18 Å². The molecule has 1 nitrogen and oxygen atoms in total. The molecule has 1 rings (SSSR count). The van der Waals surface area contributed by atoms with Crippen LogP contribution in [0.1, 0.15) is 30.0 Å². The fraction of sp³-hybridized carbons (Fsp3) is 0.455. The Bertz CT molecular complexity index is 440. The zero-order valence-corrected chi connectivity index (χ0v) is 10.2. The first-order chi connectivity index (χ1) is 8.50. The molecule has 0 fully saturated rings. The molecule has 0 radical (unpaired) electrons. The summed E-state index contributed by atoms with van der Waals surface area (Å²) in [4.78, 5) is 0. The van der Waals surface area contributed by atoms with E-state index < -0.39 is 36.8 Å². The molecule has 0 saturated carbocycles. The molecule has 0 aromatic heterocycles. The van der Waals surface area contributed by atoms with Crippen LogP contribution in [0.2, 0.25) is 5.02 Å². The first kappa shape index (κ1) is 16.1. The molecule has 0 saturated heterocycles. The fourth-order valence-electron chi connectivity index (χ4n) is 1.57. The van der Waals surface area contributed by atoms with Gasteiger partial charge in [0.15, 0.2) is 0 Å². The molecular formula is C11H10ClF6N. The molecular weight excluding hydrogens is 296 g/mol. The summed E-state index contributed by atoms with van der Waals surface area (Å²) < 4.78 is 74.3. The van der Waals surface area contributed by atoms with E-state index in [1.807, 2.05) is 0 Å². The largest absolute Gasteiger partial charge is 0.416 e. The second-order valence-electron chi connectivity index (χ2n) is 3.99. The van der Waals surface area contributed by atoms with E-state index in [1.54, 1.807) is 0 Å². The lowest BCUT2D eigenvalue weighted by Gasteiger charge is -2.19. The Morgan fingerprint density at radius 2 is 1.68 bits per heavy atom. The van der Waals surface area contributed by atoms with E-state index in [0.717, 1.165) is 6.07 Å². The van der Waals surface area contributed by atoms with E-state index >= 15 is 0 Å². The van der Waals surface area contributed by atoms with Gasteiger partial charge in [0.2, 0.25) is 0 Å². The second kappa shape index (κ2) is 5.58. The van der Waals surface area contributed by atoms with Crippen molar-refractivity contribution in [3.8, 4) is 0 Å². The minimum Gasteiger partial charge on any atom is -0.324 e. The lowest BCUT2D eigenvalue weighted by atomic mass is 9.97. The van der Waals surface area contributed by atoms with Crippen molar-refractivity contribution < 1.29 is 26.3 Å². The average Bonchev–Trinajstić information content (AvgIpc) is 2.23. The zero-order valence-electron chi connectivity index (χ0n) is 9.45. The third-order valence-electron chi connectivity index (χ3n) is 2.46. The van der Waals surface area contributed by atoms with Crippen LogP contribution in [0, 0.1) is 0 Å². The van der Waals surface area contributed by atoms with Crippen LogP contribution in [-0.4, -0.2) is 6.18 Å². The van der Waals surface area contributed by atoms with Gasteiger partial charge < -0.3 is 5.73 Å². The van der Waals surface area contributed by atoms with Crippen molar-refractivity contribution in [1.82, 2.24) is 0 Å². The number of halogens is 7. The van der Waals surface area contributed by atoms with Crippen LogP contribution in [0.25, 0.3) is 0 Å². The quantitative estimate of drug-likeness (QED) is 0.805. The summed E-state index contributed by atoms with van der Waals surface area (Å²) in [6.07, 6.45) is -11.0. The van der Waals surface area contributed by atoms with Gasteiger partial charge in [0.05, 0.1) is 5.56 Å². The predicted molar refractivity (Wildman–Crippen MR) is 58.7 cm³/mol. The third kappa shape index (κ3) is 4.91. The summed E-state index contributed by atoms with van der Waals surface area (Å²) in [6, 6.07) is 1.48. The smallest absolute Gasteiger partial charge is 0.324 e. The lowest BCUT2D eigenvalue weighted by Crippen LogP contribution is -2.20. The van der Waals surface area contributed by atoms with Crippen molar-refractivity contribution in [2.24, 2.45) is 5.73 Å². The molecule has 0 heterocycles. The van der Waals surface area contributed by atoms with Crippen LogP contribution in [0.3, 0.4) is 0 Å². The number of benzene rings is 1. The monoisotopic (exact) mass is 305 g/mol. The molecule has 0 unspecified atom stereocenters. The highest BCUT2D eigenvalue weighted by molar-refractivity contribution is 6.30.